The first-order chi connectivity index (χ1) is 2.91. The fraction of sp³-hybridized carbons (Fsp3) is 0. The Kier molecular flexibility index (Phi) is 3.31. The van der Waals surface area contributed by atoms with Gasteiger partial charge in [0.1, 0.15) is 0 Å². The van der Waals surface area contributed by atoms with Gasteiger partial charge in [0.2, 0.25) is 0 Å². The second kappa shape index (κ2) is 3.98. The molecule has 0 aromatic heterocycles. The Hall–Kier alpha value is -1.02. The molecule has 1 nitrogen and oxygen atoms in total. The van der Waals surface area contributed by atoms with Crippen LogP contribution in [0.25, 0.3) is 0 Å². The van der Waals surface area contributed by atoms with Gasteiger partial charge in [-0.1, -0.05) is 0 Å². The summed E-state index contributed by atoms with van der Waals surface area (Å²) in [5, 5.41) is 0. The SMILES string of the molecule is C#CC#CB=O. The number of hydrogen-bond donors (Lipinski definition) is 0. The van der Waals surface area contributed by atoms with E-state index in [0.717, 1.165) is 0 Å². The monoisotopic (exact) mass is 76.0 g/mol. The molecule has 0 radical (unpaired) electrons. The van der Waals surface area contributed by atoms with E-state index in [9.17, 15) is 4.70 Å². The van der Waals surface area contributed by atoms with E-state index in [1.807, 2.05) is 11.7 Å². The molecular formula is C4HBO. The molecule has 0 amide bonds. The number of hydrogen-bond acceptors (Lipinski definition) is 1. The molecule has 0 aliphatic carbocycles. The molecule has 0 aromatic rings. The Labute approximate surface area is 37.0 Å². The van der Waals surface area contributed by atoms with Crippen LogP contribution in [-0.2, 0) is 4.70 Å². The zero-order chi connectivity index (χ0) is 4.83. The standard InChI is InChI=1S/C4HBO/c1-2-3-4-5-6/h1H. The summed E-state index contributed by atoms with van der Waals surface area (Å²) in [6, 6.07) is 0. The predicted molar refractivity (Wildman–Crippen MR) is 23.0 cm³/mol. The third-order valence-corrected chi connectivity index (χ3v) is 0.203. The number of rotatable bonds is 0. The summed E-state index contributed by atoms with van der Waals surface area (Å²) in [4.78, 5) is 0. The molecule has 26 valence electrons. The minimum absolute atomic E-state index is 0.458. The first-order valence-electron chi connectivity index (χ1n) is 1.31. The summed E-state index contributed by atoms with van der Waals surface area (Å²) < 4.78 is 9.29. The maximum absolute atomic E-state index is 9.29. The van der Waals surface area contributed by atoms with E-state index in [1.54, 1.807) is 0 Å². The van der Waals surface area contributed by atoms with Crippen molar-refractivity contribution in [1.82, 2.24) is 0 Å². The fourth-order valence-corrected chi connectivity index (χ4v) is 0.0711. The molecule has 0 unspecified atom stereocenters. The maximum atomic E-state index is 9.29. The first kappa shape index (κ1) is 4.98. The Morgan fingerprint density at radius 2 is 2.33 bits per heavy atom. The van der Waals surface area contributed by atoms with Crippen molar-refractivity contribution in [3.05, 3.63) is 0 Å². The van der Waals surface area contributed by atoms with Crippen molar-refractivity contribution in [2.75, 3.05) is 0 Å². The van der Waals surface area contributed by atoms with E-state index in [0.29, 0.717) is 7.15 Å². The van der Waals surface area contributed by atoms with Crippen molar-refractivity contribution >= 4 is 7.15 Å². The normalized spacial score (nSPS) is 3.17. The van der Waals surface area contributed by atoms with Crippen LogP contribution < -0.4 is 0 Å². The van der Waals surface area contributed by atoms with Crippen LogP contribution in [0, 0.1) is 24.1 Å². The molecule has 6 heavy (non-hydrogen) atoms. The molecular weight excluding hydrogens is 74.9 g/mol. The molecule has 0 heterocycles. The van der Waals surface area contributed by atoms with Gasteiger partial charge in [0.05, 0.1) is 0 Å². The van der Waals surface area contributed by atoms with E-state index in [1.165, 1.54) is 0 Å². The van der Waals surface area contributed by atoms with Crippen LogP contribution in [0.5, 0.6) is 0 Å². The van der Waals surface area contributed by atoms with Gasteiger partial charge in [-0.25, -0.2) is 0 Å². The molecule has 0 N–H and O–H groups in total. The van der Waals surface area contributed by atoms with E-state index in [-0.39, 0.29) is 0 Å². The van der Waals surface area contributed by atoms with Crippen LogP contribution in [0.2, 0.25) is 0 Å². The summed E-state index contributed by atoms with van der Waals surface area (Å²) in [5.41, 5.74) is 0. The van der Waals surface area contributed by atoms with Crippen LogP contribution in [-0.4, -0.2) is 7.15 Å². The van der Waals surface area contributed by atoms with Crippen LogP contribution >= 0.6 is 0 Å². The summed E-state index contributed by atoms with van der Waals surface area (Å²) in [6.45, 7) is 0. The molecule has 0 saturated carbocycles. The Morgan fingerprint density at radius 1 is 1.67 bits per heavy atom. The Bertz CT molecular complexity index is 132. The van der Waals surface area contributed by atoms with Crippen molar-refractivity contribution in [3.8, 4) is 24.1 Å². The van der Waals surface area contributed by atoms with Gasteiger partial charge in [0.25, 0.3) is 0 Å². The van der Waals surface area contributed by atoms with Gasteiger partial charge in [-0.2, -0.15) is 0 Å². The summed E-state index contributed by atoms with van der Waals surface area (Å²) >= 11 is 0. The average molecular weight is 75.9 g/mol. The van der Waals surface area contributed by atoms with Crippen LogP contribution in [0.4, 0.5) is 0 Å². The van der Waals surface area contributed by atoms with Crippen LogP contribution in [0.3, 0.4) is 0 Å². The topological polar surface area (TPSA) is 17.1 Å². The molecule has 0 spiro atoms. The molecule has 0 rings (SSSR count). The molecule has 0 aliphatic heterocycles. The Balaban J connectivity index is 3.50. The zero-order valence-electron chi connectivity index (χ0n) is 3.06. The quantitative estimate of drug-likeness (QED) is 0.284. The third kappa shape index (κ3) is 2.98. The zero-order valence-corrected chi connectivity index (χ0v) is 3.06. The molecule has 2 heteroatoms. The van der Waals surface area contributed by atoms with Gasteiger partial charge in [0, 0.05) is 0 Å². The van der Waals surface area contributed by atoms with Gasteiger partial charge in [-0.3, -0.25) is 0 Å². The average Bonchev–Trinajstić information content (AvgIpc) is 1.61. The van der Waals surface area contributed by atoms with Crippen molar-refractivity contribution in [1.29, 1.82) is 0 Å². The van der Waals surface area contributed by atoms with Crippen molar-refractivity contribution in [2.45, 2.75) is 0 Å². The summed E-state index contributed by atoms with van der Waals surface area (Å²) in [7, 11) is 0.458. The first-order valence-corrected chi connectivity index (χ1v) is 1.31. The van der Waals surface area contributed by atoms with Crippen LogP contribution in [0.15, 0.2) is 0 Å². The predicted octanol–water partition coefficient (Wildman–Crippen LogP) is -0.370. The van der Waals surface area contributed by atoms with Gasteiger partial charge >= 0.3 is 35.9 Å². The van der Waals surface area contributed by atoms with Crippen molar-refractivity contribution in [2.24, 2.45) is 0 Å². The summed E-state index contributed by atoms with van der Waals surface area (Å²) in [5.74, 6) is 6.12. The van der Waals surface area contributed by atoms with E-state index >= 15 is 0 Å². The Morgan fingerprint density at radius 3 is 2.50 bits per heavy atom. The van der Waals surface area contributed by atoms with E-state index < -0.39 is 0 Å². The van der Waals surface area contributed by atoms with Gasteiger partial charge in [-0.05, 0) is 0 Å². The second-order valence-electron chi connectivity index (χ2n) is 0.532. The second-order valence-corrected chi connectivity index (χ2v) is 0.532. The summed E-state index contributed by atoms with van der Waals surface area (Å²) in [6.07, 6.45) is 4.63. The number of terminal acetylenes is 1. The van der Waals surface area contributed by atoms with E-state index in [4.69, 9.17) is 0 Å². The van der Waals surface area contributed by atoms with Gasteiger partial charge < -0.3 is 0 Å². The molecule has 0 bridgehead atoms. The van der Waals surface area contributed by atoms with Crippen LogP contribution in [0.1, 0.15) is 0 Å². The van der Waals surface area contributed by atoms with Crippen molar-refractivity contribution in [3.63, 3.8) is 0 Å². The molecule has 0 fully saturated rings. The molecule has 0 aromatic carbocycles. The van der Waals surface area contributed by atoms with E-state index in [2.05, 4.69) is 12.3 Å². The van der Waals surface area contributed by atoms with Gasteiger partial charge in [0.15, 0.2) is 0 Å². The minimum atomic E-state index is 0.458. The fourth-order valence-electron chi connectivity index (χ4n) is 0.0711. The molecule has 0 atom stereocenters. The third-order valence-electron chi connectivity index (χ3n) is 0.203. The van der Waals surface area contributed by atoms with Gasteiger partial charge in [-0.15, -0.1) is 0 Å². The molecule has 0 saturated heterocycles. The molecule has 0 aliphatic rings. The van der Waals surface area contributed by atoms with Crippen molar-refractivity contribution < 1.29 is 4.70 Å².